The van der Waals surface area contributed by atoms with Crippen molar-refractivity contribution in [1.29, 1.82) is 0 Å². The fourth-order valence-electron chi connectivity index (χ4n) is 3.21. The molecule has 2 heterocycles. The summed E-state index contributed by atoms with van der Waals surface area (Å²) in [5.41, 5.74) is 7.55. The van der Waals surface area contributed by atoms with E-state index in [4.69, 9.17) is 22.1 Å². The quantitative estimate of drug-likeness (QED) is 0.664. The molecule has 0 unspecified atom stereocenters. The number of allylic oxidation sites excluding steroid dienone is 1. The van der Waals surface area contributed by atoms with Gasteiger partial charge in [0.15, 0.2) is 0 Å². The predicted molar refractivity (Wildman–Crippen MR) is 104 cm³/mol. The maximum atomic E-state index is 13.9. The summed E-state index contributed by atoms with van der Waals surface area (Å²) in [6, 6.07) is 10.9. The van der Waals surface area contributed by atoms with E-state index in [1.165, 1.54) is 16.8 Å². The number of nitrogens with one attached hydrogen (secondary N) is 1. The molecule has 1 aliphatic heterocycles. The number of halogens is 2. The van der Waals surface area contributed by atoms with Crippen molar-refractivity contribution in [2.45, 2.75) is 19.6 Å². The Labute approximate surface area is 170 Å². The van der Waals surface area contributed by atoms with E-state index in [1.54, 1.807) is 37.3 Å². The van der Waals surface area contributed by atoms with Crippen molar-refractivity contribution < 1.29 is 13.9 Å². The first-order valence-corrected chi connectivity index (χ1v) is 9.04. The number of hydrogen-bond donors (Lipinski definition) is 2. The van der Waals surface area contributed by atoms with Crippen LogP contribution in [0, 0.1) is 5.82 Å². The summed E-state index contributed by atoms with van der Waals surface area (Å²) in [4.78, 5) is 12.0. The van der Waals surface area contributed by atoms with Crippen LogP contribution in [-0.2, 0) is 11.4 Å². The summed E-state index contributed by atoms with van der Waals surface area (Å²) in [5, 5.41) is 14.8. The van der Waals surface area contributed by atoms with E-state index in [-0.39, 0.29) is 12.2 Å². The minimum atomic E-state index is -0.575. The molecule has 1 aliphatic rings. The van der Waals surface area contributed by atoms with Gasteiger partial charge in [-0.1, -0.05) is 34.9 Å². The Bertz CT molecular complexity index is 1090. The lowest BCUT2D eigenvalue weighted by Gasteiger charge is -2.26. The summed E-state index contributed by atoms with van der Waals surface area (Å²) < 4.78 is 21.0. The molecule has 4 rings (SSSR count). The zero-order valence-corrected chi connectivity index (χ0v) is 16.0. The summed E-state index contributed by atoms with van der Waals surface area (Å²) in [5.74, 6) is -0.0790. The van der Waals surface area contributed by atoms with Gasteiger partial charge in [0.05, 0.1) is 10.6 Å². The number of aromatic nitrogens is 4. The van der Waals surface area contributed by atoms with Crippen molar-refractivity contribution in [2.24, 2.45) is 5.73 Å². The van der Waals surface area contributed by atoms with Crippen molar-refractivity contribution in [3.63, 3.8) is 0 Å². The van der Waals surface area contributed by atoms with Crippen LogP contribution in [0.2, 0.25) is 5.02 Å². The number of hydrogen-bond acceptors (Lipinski definition) is 6. The second-order valence-electron chi connectivity index (χ2n) is 6.44. The molecule has 3 N–H and O–H groups in total. The zero-order valence-electron chi connectivity index (χ0n) is 15.3. The number of fused-ring (bicyclic) bond motifs is 1. The second-order valence-corrected chi connectivity index (χ2v) is 6.84. The van der Waals surface area contributed by atoms with Crippen LogP contribution in [0.5, 0.6) is 5.75 Å². The van der Waals surface area contributed by atoms with Crippen LogP contribution in [0.1, 0.15) is 24.1 Å². The molecule has 2 aromatic carbocycles. The second kappa shape index (κ2) is 7.51. The molecule has 1 aromatic heterocycles. The van der Waals surface area contributed by atoms with Crippen molar-refractivity contribution >= 4 is 23.5 Å². The highest BCUT2D eigenvalue weighted by atomic mass is 35.5. The van der Waals surface area contributed by atoms with E-state index < -0.39 is 17.8 Å². The first kappa shape index (κ1) is 18.9. The van der Waals surface area contributed by atoms with Crippen molar-refractivity contribution in [3.05, 3.63) is 75.7 Å². The highest BCUT2D eigenvalue weighted by Crippen LogP contribution is 2.34. The standard InChI is InChI=1S/C19H16ClFN6O2/c1-10-16(18(22)28)17(27-19(23-10)24-25-26-27)11-5-7-12(8-6-11)29-9-13-14(20)3-2-4-15(13)21/h2-8,17H,9H2,1H3,(H2,22,28)(H,23,24,26)/t17-/m1/s1. The van der Waals surface area contributed by atoms with E-state index in [1.807, 2.05) is 0 Å². The Balaban J connectivity index is 1.60. The lowest BCUT2D eigenvalue weighted by atomic mass is 9.95. The molecule has 29 heavy (non-hydrogen) atoms. The van der Waals surface area contributed by atoms with Gasteiger partial charge in [0.1, 0.15) is 24.2 Å². The highest BCUT2D eigenvalue weighted by molar-refractivity contribution is 6.31. The highest BCUT2D eigenvalue weighted by Gasteiger charge is 2.32. The number of nitrogens with two attached hydrogens (primary N) is 1. The SMILES string of the molecule is CC1=C(C(N)=O)[C@@H](c2ccc(OCc3c(F)cccc3Cl)cc2)n2nnnc2N1. The Morgan fingerprint density at radius 3 is 2.76 bits per heavy atom. The maximum absolute atomic E-state index is 13.9. The van der Waals surface area contributed by atoms with Gasteiger partial charge in [-0.2, -0.15) is 4.68 Å². The first-order valence-electron chi connectivity index (χ1n) is 8.67. The Hall–Kier alpha value is -3.46. The third-order valence-corrected chi connectivity index (χ3v) is 4.97. The van der Waals surface area contributed by atoms with E-state index >= 15 is 0 Å². The van der Waals surface area contributed by atoms with Gasteiger partial charge in [-0.3, -0.25) is 4.79 Å². The fourth-order valence-corrected chi connectivity index (χ4v) is 3.43. The topological polar surface area (TPSA) is 108 Å². The number of tetrazole rings is 1. The molecule has 148 valence electrons. The van der Waals surface area contributed by atoms with E-state index in [2.05, 4.69) is 20.8 Å². The number of anilines is 1. The molecule has 10 heteroatoms. The van der Waals surface area contributed by atoms with Crippen molar-refractivity contribution in [1.82, 2.24) is 20.2 Å². The van der Waals surface area contributed by atoms with Gasteiger partial charge in [0, 0.05) is 11.3 Å². The molecule has 3 aromatic rings. The summed E-state index contributed by atoms with van der Waals surface area (Å²) in [6.07, 6.45) is 0. The largest absolute Gasteiger partial charge is 0.489 e. The van der Waals surface area contributed by atoms with E-state index in [9.17, 15) is 9.18 Å². The molecule has 8 nitrogen and oxygen atoms in total. The van der Waals surface area contributed by atoms with Gasteiger partial charge < -0.3 is 15.8 Å². The summed E-state index contributed by atoms with van der Waals surface area (Å²) in [6.45, 7) is 1.72. The molecular weight excluding hydrogens is 399 g/mol. The van der Waals surface area contributed by atoms with Gasteiger partial charge in [-0.05, 0) is 47.2 Å². The molecule has 0 radical (unpaired) electrons. The van der Waals surface area contributed by atoms with Gasteiger partial charge in [-0.15, -0.1) is 0 Å². The summed E-state index contributed by atoms with van der Waals surface area (Å²) in [7, 11) is 0. The Kier molecular flexibility index (Phi) is 4.89. The average molecular weight is 415 g/mol. The third-order valence-electron chi connectivity index (χ3n) is 4.62. The number of primary amides is 1. The molecule has 0 bridgehead atoms. The van der Waals surface area contributed by atoms with Crippen LogP contribution < -0.4 is 15.8 Å². The van der Waals surface area contributed by atoms with Gasteiger partial charge in [0.2, 0.25) is 11.9 Å². The normalized spacial score (nSPS) is 15.6. The zero-order chi connectivity index (χ0) is 20.5. The van der Waals surface area contributed by atoms with Crippen LogP contribution in [0.4, 0.5) is 10.3 Å². The number of ether oxygens (including phenoxy) is 1. The number of carbonyl (C=O) groups excluding carboxylic acids is 1. The molecule has 1 amide bonds. The van der Waals surface area contributed by atoms with Crippen LogP contribution in [0.3, 0.4) is 0 Å². The molecule has 0 saturated carbocycles. The Morgan fingerprint density at radius 2 is 2.07 bits per heavy atom. The molecule has 0 spiro atoms. The maximum Gasteiger partial charge on any atom is 0.248 e. The van der Waals surface area contributed by atoms with Gasteiger partial charge >= 0.3 is 0 Å². The van der Waals surface area contributed by atoms with Crippen LogP contribution in [0.15, 0.2) is 53.7 Å². The van der Waals surface area contributed by atoms with Crippen LogP contribution >= 0.6 is 11.6 Å². The molecule has 0 saturated heterocycles. The molecule has 1 atom stereocenters. The van der Waals surface area contributed by atoms with Crippen molar-refractivity contribution in [3.8, 4) is 5.75 Å². The number of nitrogens with zero attached hydrogens (tertiary/aromatic N) is 4. The molecule has 0 fully saturated rings. The third kappa shape index (κ3) is 3.52. The Morgan fingerprint density at radius 1 is 1.31 bits per heavy atom. The fraction of sp³-hybridized carbons (Fsp3) is 0.158. The summed E-state index contributed by atoms with van der Waals surface area (Å²) >= 11 is 6.02. The number of carbonyl (C=O) groups is 1. The molecule has 0 aliphatic carbocycles. The minimum absolute atomic E-state index is 0.0130. The number of rotatable bonds is 5. The average Bonchev–Trinajstić information content (AvgIpc) is 3.15. The monoisotopic (exact) mass is 414 g/mol. The smallest absolute Gasteiger partial charge is 0.248 e. The van der Waals surface area contributed by atoms with Crippen LogP contribution in [0.25, 0.3) is 0 Å². The lowest BCUT2D eigenvalue weighted by Crippen LogP contribution is -2.31. The lowest BCUT2D eigenvalue weighted by molar-refractivity contribution is -0.115. The first-order chi connectivity index (χ1) is 14.0. The van der Waals surface area contributed by atoms with E-state index in [0.29, 0.717) is 28.0 Å². The number of amides is 1. The van der Waals surface area contributed by atoms with E-state index in [0.717, 1.165) is 5.56 Å². The molecular formula is C19H16ClFN6O2. The van der Waals surface area contributed by atoms with Gasteiger partial charge in [-0.25, -0.2) is 4.39 Å². The predicted octanol–water partition coefficient (Wildman–Crippen LogP) is 2.82. The number of benzene rings is 2. The van der Waals surface area contributed by atoms with Crippen LogP contribution in [-0.4, -0.2) is 26.1 Å². The minimum Gasteiger partial charge on any atom is -0.489 e. The van der Waals surface area contributed by atoms with Gasteiger partial charge in [0.25, 0.3) is 0 Å². The van der Waals surface area contributed by atoms with Crippen molar-refractivity contribution in [2.75, 3.05) is 5.32 Å².